The molecule has 3 rings (SSSR count). The maximum atomic E-state index is 13.4. The van der Waals surface area contributed by atoms with Crippen LogP contribution < -0.4 is 0 Å². The van der Waals surface area contributed by atoms with E-state index in [1.165, 1.54) is 12.1 Å². The zero-order valence-corrected chi connectivity index (χ0v) is 11.2. The van der Waals surface area contributed by atoms with Gasteiger partial charge in [0, 0.05) is 0 Å². The zero-order valence-electron chi connectivity index (χ0n) is 11.2. The first-order valence-electron chi connectivity index (χ1n) is 6.56. The summed E-state index contributed by atoms with van der Waals surface area (Å²) in [5.41, 5.74) is 0.0956. The maximum absolute atomic E-state index is 13.4. The van der Waals surface area contributed by atoms with E-state index in [1.54, 1.807) is 19.1 Å². The smallest absolute Gasteiger partial charge is 0.123 e. The first-order valence-corrected chi connectivity index (χ1v) is 6.56. The molecule has 0 aliphatic heterocycles. The Morgan fingerprint density at radius 3 is 2.40 bits per heavy atom. The third-order valence-electron chi connectivity index (χ3n) is 3.70. The van der Waals surface area contributed by atoms with Gasteiger partial charge in [0.25, 0.3) is 0 Å². The molecule has 1 N–H and O–H groups in total. The molecule has 3 aromatic carbocycles. The fourth-order valence-corrected chi connectivity index (χ4v) is 2.60. The maximum Gasteiger partial charge on any atom is 0.123 e. The van der Waals surface area contributed by atoms with Gasteiger partial charge in [-0.1, -0.05) is 54.6 Å². The van der Waals surface area contributed by atoms with Gasteiger partial charge in [0.05, 0.1) is 0 Å². The number of hydrogen-bond donors (Lipinski definition) is 1. The van der Waals surface area contributed by atoms with Crippen molar-refractivity contribution < 1.29 is 9.50 Å². The number of fused-ring (bicyclic) bond motifs is 1. The normalized spacial score (nSPS) is 14.2. The van der Waals surface area contributed by atoms with Crippen molar-refractivity contribution in [1.82, 2.24) is 0 Å². The molecular formula is C18H15FO. The summed E-state index contributed by atoms with van der Waals surface area (Å²) < 4.78 is 13.4. The van der Waals surface area contributed by atoms with Gasteiger partial charge in [-0.25, -0.2) is 4.39 Å². The van der Waals surface area contributed by atoms with Gasteiger partial charge in [-0.05, 0) is 41.0 Å². The third kappa shape index (κ3) is 2.08. The van der Waals surface area contributed by atoms with E-state index in [0.717, 1.165) is 16.3 Å². The second-order valence-corrected chi connectivity index (χ2v) is 5.11. The summed E-state index contributed by atoms with van der Waals surface area (Å²) >= 11 is 0. The quantitative estimate of drug-likeness (QED) is 0.735. The van der Waals surface area contributed by atoms with E-state index >= 15 is 0 Å². The van der Waals surface area contributed by atoms with E-state index in [4.69, 9.17) is 0 Å². The molecule has 0 fully saturated rings. The van der Waals surface area contributed by atoms with Gasteiger partial charge in [0.1, 0.15) is 11.4 Å². The van der Waals surface area contributed by atoms with Crippen LogP contribution in [0.15, 0.2) is 66.7 Å². The summed E-state index contributed by atoms with van der Waals surface area (Å²) in [4.78, 5) is 0. The summed E-state index contributed by atoms with van der Waals surface area (Å²) in [6, 6.07) is 19.8. The number of aliphatic hydroxyl groups is 1. The molecule has 1 unspecified atom stereocenters. The van der Waals surface area contributed by atoms with Gasteiger partial charge >= 0.3 is 0 Å². The zero-order chi connectivity index (χ0) is 14.2. The van der Waals surface area contributed by atoms with Crippen LogP contribution in [-0.2, 0) is 5.60 Å². The van der Waals surface area contributed by atoms with E-state index < -0.39 is 5.60 Å². The molecule has 100 valence electrons. The van der Waals surface area contributed by atoms with Crippen LogP contribution in [-0.4, -0.2) is 5.11 Å². The Bertz CT molecular complexity index is 757. The Balaban J connectivity index is 2.23. The Morgan fingerprint density at radius 2 is 1.60 bits per heavy atom. The largest absolute Gasteiger partial charge is 0.381 e. The first kappa shape index (κ1) is 12.8. The lowest BCUT2D eigenvalue weighted by molar-refractivity contribution is 0.103. The molecule has 0 bridgehead atoms. The molecule has 0 saturated carbocycles. The summed E-state index contributed by atoms with van der Waals surface area (Å²) in [6.07, 6.45) is 0. The van der Waals surface area contributed by atoms with Crippen LogP contribution in [0.3, 0.4) is 0 Å². The highest BCUT2D eigenvalue weighted by atomic mass is 19.1. The highest BCUT2D eigenvalue weighted by molar-refractivity contribution is 5.86. The van der Waals surface area contributed by atoms with Crippen molar-refractivity contribution in [3.05, 3.63) is 83.7 Å². The minimum Gasteiger partial charge on any atom is -0.381 e. The van der Waals surface area contributed by atoms with E-state index in [0.29, 0.717) is 5.56 Å². The van der Waals surface area contributed by atoms with Crippen molar-refractivity contribution in [3.8, 4) is 0 Å². The molecule has 20 heavy (non-hydrogen) atoms. The van der Waals surface area contributed by atoms with E-state index in [1.807, 2.05) is 42.5 Å². The Morgan fingerprint density at radius 1 is 0.900 bits per heavy atom. The van der Waals surface area contributed by atoms with Crippen LogP contribution in [0.2, 0.25) is 0 Å². The van der Waals surface area contributed by atoms with Crippen molar-refractivity contribution in [3.63, 3.8) is 0 Å². The molecule has 1 atom stereocenters. The van der Waals surface area contributed by atoms with Gasteiger partial charge in [-0.3, -0.25) is 0 Å². The van der Waals surface area contributed by atoms with Gasteiger partial charge in [-0.15, -0.1) is 0 Å². The monoisotopic (exact) mass is 266 g/mol. The van der Waals surface area contributed by atoms with E-state index in [2.05, 4.69) is 0 Å². The van der Waals surface area contributed by atoms with Crippen molar-refractivity contribution in [1.29, 1.82) is 0 Å². The van der Waals surface area contributed by atoms with Crippen LogP contribution >= 0.6 is 0 Å². The molecule has 0 aliphatic rings. The van der Waals surface area contributed by atoms with Crippen LogP contribution in [0.25, 0.3) is 10.8 Å². The third-order valence-corrected chi connectivity index (χ3v) is 3.70. The first-order chi connectivity index (χ1) is 9.59. The standard InChI is InChI=1S/C18H15FO/c1-18(20,14-8-5-9-15(19)12-14)17-11-4-7-13-6-2-3-10-16(13)17/h2-12,20H,1H3. The average molecular weight is 266 g/mol. The molecule has 0 amide bonds. The Hall–Kier alpha value is -2.19. The van der Waals surface area contributed by atoms with Crippen molar-refractivity contribution in [2.75, 3.05) is 0 Å². The fraction of sp³-hybridized carbons (Fsp3) is 0.111. The number of halogens is 1. The van der Waals surface area contributed by atoms with Crippen molar-refractivity contribution >= 4 is 10.8 Å². The van der Waals surface area contributed by atoms with Crippen molar-refractivity contribution in [2.45, 2.75) is 12.5 Å². The van der Waals surface area contributed by atoms with Crippen molar-refractivity contribution in [2.24, 2.45) is 0 Å². The number of rotatable bonds is 2. The molecule has 0 spiro atoms. The number of hydrogen-bond acceptors (Lipinski definition) is 1. The van der Waals surface area contributed by atoms with Crippen LogP contribution in [0.1, 0.15) is 18.1 Å². The lowest BCUT2D eigenvalue weighted by Gasteiger charge is -2.26. The number of benzene rings is 3. The summed E-state index contributed by atoms with van der Waals surface area (Å²) in [5, 5.41) is 12.9. The molecule has 1 nitrogen and oxygen atoms in total. The van der Waals surface area contributed by atoms with E-state index in [9.17, 15) is 9.50 Å². The second kappa shape index (κ2) is 4.73. The summed E-state index contributed by atoms with van der Waals surface area (Å²) in [7, 11) is 0. The predicted molar refractivity (Wildman–Crippen MR) is 79.0 cm³/mol. The van der Waals surface area contributed by atoms with E-state index in [-0.39, 0.29) is 5.82 Å². The molecule has 0 saturated heterocycles. The molecular weight excluding hydrogens is 251 g/mol. The Kier molecular flexibility index (Phi) is 3.03. The predicted octanol–water partition coefficient (Wildman–Crippen LogP) is 4.23. The molecule has 2 heteroatoms. The molecule has 0 aromatic heterocycles. The second-order valence-electron chi connectivity index (χ2n) is 5.11. The fourth-order valence-electron chi connectivity index (χ4n) is 2.60. The minimum atomic E-state index is -1.23. The molecule has 3 aromatic rings. The van der Waals surface area contributed by atoms with Crippen LogP contribution in [0.4, 0.5) is 4.39 Å². The molecule has 0 heterocycles. The van der Waals surface area contributed by atoms with Crippen LogP contribution in [0.5, 0.6) is 0 Å². The summed E-state index contributed by atoms with van der Waals surface area (Å²) in [5.74, 6) is -0.344. The lowest BCUT2D eigenvalue weighted by atomic mass is 9.85. The van der Waals surface area contributed by atoms with Gasteiger partial charge in [0.2, 0.25) is 0 Å². The topological polar surface area (TPSA) is 20.2 Å². The van der Waals surface area contributed by atoms with Crippen LogP contribution in [0, 0.1) is 5.82 Å². The average Bonchev–Trinajstić information content (AvgIpc) is 2.46. The highest BCUT2D eigenvalue weighted by Crippen LogP contribution is 2.34. The molecule has 0 radical (unpaired) electrons. The van der Waals surface area contributed by atoms with Gasteiger partial charge in [-0.2, -0.15) is 0 Å². The minimum absolute atomic E-state index is 0.344. The molecule has 0 aliphatic carbocycles. The van der Waals surface area contributed by atoms with Gasteiger partial charge in [0.15, 0.2) is 0 Å². The highest BCUT2D eigenvalue weighted by Gasteiger charge is 2.27. The Labute approximate surface area is 117 Å². The summed E-state index contributed by atoms with van der Waals surface area (Å²) in [6.45, 7) is 1.70. The SMILES string of the molecule is CC(O)(c1cccc(F)c1)c1cccc2ccccc12. The lowest BCUT2D eigenvalue weighted by Crippen LogP contribution is -2.23. The van der Waals surface area contributed by atoms with Gasteiger partial charge < -0.3 is 5.11 Å².